The number of hydrogen-bond acceptors (Lipinski definition) is 5. The second-order valence-corrected chi connectivity index (χ2v) is 5.28. The molecule has 0 spiro atoms. The maximum atomic E-state index is 6.07. The topological polar surface area (TPSA) is 73.1 Å². The Morgan fingerprint density at radius 2 is 1.95 bits per heavy atom. The van der Waals surface area contributed by atoms with Crippen molar-refractivity contribution in [2.45, 2.75) is 6.92 Å². The summed E-state index contributed by atoms with van der Waals surface area (Å²) in [5, 5.41) is 0.900. The molecule has 0 bridgehead atoms. The van der Waals surface area contributed by atoms with Crippen molar-refractivity contribution in [3.8, 4) is 11.6 Å². The summed E-state index contributed by atoms with van der Waals surface area (Å²) in [6.07, 6.45) is 0. The molecule has 19 heavy (non-hydrogen) atoms. The monoisotopic (exact) mass is 362 g/mol. The van der Waals surface area contributed by atoms with Crippen LogP contribution in [-0.2, 0) is 0 Å². The average Bonchev–Trinajstić information content (AvgIpc) is 2.35. The Kier molecular flexibility index (Phi) is 4.46. The van der Waals surface area contributed by atoms with Crippen LogP contribution in [0.25, 0.3) is 0 Å². The van der Waals surface area contributed by atoms with Crippen molar-refractivity contribution >= 4 is 45.1 Å². The molecule has 5 nitrogen and oxygen atoms in total. The second kappa shape index (κ2) is 5.92. The van der Waals surface area contributed by atoms with Crippen LogP contribution in [0.15, 0.2) is 22.7 Å². The normalized spacial score (nSPS) is 10.4. The van der Waals surface area contributed by atoms with Gasteiger partial charge in [0.2, 0.25) is 11.8 Å². The molecule has 0 aliphatic rings. The number of hydrogen-bond donors (Lipinski definition) is 2. The van der Waals surface area contributed by atoms with Gasteiger partial charge in [0.25, 0.3) is 0 Å². The molecule has 1 heterocycles. The van der Waals surface area contributed by atoms with Crippen LogP contribution in [0.3, 0.4) is 0 Å². The number of nitrogens with zero attached hydrogens (tertiary/aromatic N) is 2. The van der Waals surface area contributed by atoms with Crippen LogP contribution in [0.2, 0.25) is 10.0 Å². The lowest BCUT2D eigenvalue weighted by Gasteiger charge is -2.09. The lowest BCUT2D eigenvalue weighted by atomic mass is 10.3. The summed E-state index contributed by atoms with van der Waals surface area (Å²) in [5.41, 5.74) is 3.07. The van der Waals surface area contributed by atoms with Crippen molar-refractivity contribution in [3.63, 3.8) is 0 Å². The van der Waals surface area contributed by atoms with Crippen molar-refractivity contribution in [2.24, 2.45) is 5.84 Å². The van der Waals surface area contributed by atoms with Gasteiger partial charge >= 0.3 is 0 Å². The lowest BCUT2D eigenvalue weighted by Crippen LogP contribution is -2.11. The van der Waals surface area contributed by atoms with Gasteiger partial charge in [0.15, 0.2) is 0 Å². The predicted octanol–water partition coefficient (Wildman–Crippen LogP) is 3.93. The molecular weight excluding hydrogens is 355 g/mol. The van der Waals surface area contributed by atoms with E-state index in [1.807, 2.05) is 0 Å². The molecule has 0 unspecified atom stereocenters. The first-order chi connectivity index (χ1) is 8.99. The number of nitrogens with one attached hydrogen (secondary N) is 1. The van der Waals surface area contributed by atoms with Gasteiger partial charge in [-0.3, -0.25) is 5.43 Å². The van der Waals surface area contributed by atoms with Gasteiger partial charge in [0.05, 0.1) is 10.0 Å². The van der Waals surface area contributed by atoms with E-state index in [0.29, 0.717) is 31.8 Å². The third-order valence-electron chi connectivity index (χ3n) is 2.15. The molecule has 2 aromatic rings. The van der Waals surface area contributed by atoms with Crippen LogP contribution < -0.4 is 16.0 Å². The fourth-order valence-corrected chi connectivity index (χ4v) is 2.18. The number of anilines is 1. The Bertz CT molecular complexity index is 624. The molecule has 0 amide bonds. The summed E-state index contributed by atoms with van der Waals surface area (Å²) in [6.45, 7) is 1.80. The molecule has 3 N–H and O–H groups in total. The average molecular weight is 364 g/mol. The van der Waals surface area contributed by atoms with Gasteiger partial charge in [-0.25, -0.2) is 10.8 Å². The van der Waals surface area contributed by atoms with Gasteiger partial charge in [0.1, 0.15) is 5.75 Å². The standard InChI is InChI=1S/C11H9BrCl2N4O/c1-5-2-10(17-11(16-5)18-15)19-9-4-7(13)6(12)3-8(9)14/h2-4H,15H2,1H3,(H,16,17,18). The van der Waals surface area contributed by atoms with E-state index >= 15 is 0 Å². The molecule has 0 radical (unpaired) electrons. The minimum atomic E-state index is 0.259. The molecule has 0 saturated heterocycles. The fraction of sp³-hybridized carbons (Fsp3) is 0.0909. The second-order valence-electron chi connectivity index (χ2n) is 3.61. The number of nitrogen functional groups attached to an aromatic ring is 1. The summed E-state index contributed by atoms with van der Waals surface area (Å²) in [6, 6.07) is 4.91. The summed E-state index contributed by atoms with van der Waals surface area (Å²) in [5.74, 6) is 6.25. The Balaban J connectivity index is 2.36. The van der Waals surface area contributed by atoms with Gasteiger partial charge in [-0.05, 0) is 28.9 Å². The SMILES string of the molecule is Cc1cc(Oc2cc(Cl)c(Br)cc2Cl)nc(NN)n1. The zero-order chi connectivity index (χ0) is 14.0. The van der Waals surface area contributed by atoms with E-state index in [1.165, 1.54) is 0 Å². The molecule has 0 atom stereocenters. The number of rotatable bonds is 3. The number of hydrazine groups is 1. The highest BCUT2D eigenvalue weighted by Gasteiger charge is 2.10. The van der Waals surface area contributed by atoms with Crippen molar-refractivity contribution in [1.82, 2.24) is 9.97 Å². The van der Waals surface area contributed by atoms with E-state index in [1.54, 1.807) is 25.1 Å². The zero-order valence-electron chi connectivity index (χ0n) is 9.75. The number of benzene rings is 1. The quantitative estimate of drug-likeness (QED) is 0.491. The highest BCUT2D eigenvalue weighted by atomic mass is 79.9. The fourth-order valence-electron chi connectivity index (χ4n) is 1.35. The van der Waals surface area contributed by atoms with E-state index in [4.69, 9.17) is 33.8 Å². The number of aromatic nitrogens is 2. The number of halogens is 3. The molecule has 0 aliphatic heterocycles. The van der Waals surface area contributed by atoms with Crippen LogP contribution in [0, 0.1) is 6.92 Å². The Hall–Kier alpha value is -1.08. The molecule has 0 fully saturated rings. The predicted molar refractivity (Wildman–Crippen MR) is 78.8 cm³/mol. The largest absolute Gasteiger partial charge is 0.437 e. The first kappa shape index (κ1) is 14.3. The molecule has 1 aromatic carbocycles. The number of aryl methyl sites for hydroxylation is 1. The summed E-state index contributed by atoms with van der Waals surface area (Å²) in [4.78, 5) is 8.11. The third-order valence-corrected chi connectivity index (χ3v) is 3.64. The van der Waals surface area contributed by atoms with Crippen molar-refractivity contribution in [1.29, 1.82) is 0 Å². The minimum Gasteiger partial charge on any atom is -0.437 e. The van der Waals surface area contributed by atoms with Gasteiger partial charge in [-0.1, -0.05) is 23.2 Å². The maximum absolute atomic E-state index is 6.07. The van der Waals surface area contributed by atoms with E-state index in [-0.39, 0.29) is 5.95 Å². The minimum absolute atomic E-state index is 0.259. The first-order valence-electron chi connectivity index (χ1n) is 5.14. The van der Waals surface area contributed by atoms with Crippen LogP contribution in [-0.4, -0.2) is 9.97 Å². The van der Waals surface area contributed by atoms with E-state index in [0.717, 1.165) is 0 Å². The van der Waals surface area contributed by atoms with Gasteiger partial charge in [-0.2, -0.15) is 4.98 Å². The smallest absolute Gasteiger partial charge is 0.240 e. The van der Waals surface area contributed by atoms with Crippen LogP contribution in [0.5, 0.6) is 11.6 Å². The lowest BCUT2D eigenvalue weighted by molar-refractivity contribution is 0.462. The first-order valence-corrected chi connectivity index (χ1v) is 6.69. The molecule has 100 valence electrons. The number of nitrogens with two attached hydrogens (primary N) is 1. The molecule has 8 heteroatoms. The van der Waals surface area contributed by atoms with Gasteiger partial charge in [-0.15, -0.1) is 0 Å². The van der Waals surface area contributed by atoms with Gasteiger partial charge < -0.3 is 4.74 Å². The molecule has 1 aromatic heterocycles. The maximum Gasteiger partial charge on any atom is 0.240 e. The van der Waals surface area contributed by atoms with Crippen molar-refractivity contribution < 1.29 is 4.74 Å². The van der Waals surface area contributed by atoms with E-state index in [9.17, 15) is 0 Å². The zero-order valence-corrected chi connectivity index (χ0v) is 12.8. The summed E-state index contributed by atoms with van der Waals surface area (Å²) in [7, 11) is 0. The van der Waals surface area contributed by atoms with Crippen LogP contribution in [0.4, 0.5) is 5.95 Å². The molecule has 0 saturated carbocycles. The highest BCUT2D eigenvalue weighted by Crippen LogP contribution is 2.36. The Morgan fingerprint density at radius 1 is 1.21 bits per heavy atom. The Labute approximate surface area is 128 Å². The van der Waals surface area contributed by atoms with Crippen LogP contribution in [0.1, 0.15) is 5.69 Å². The highest BCUT2D eigenvalue weighted by molar-refractivity contribution is 9.10. The van der Waals surface area contributed by atoms with Crippen molar-refractivity contribution in [2.75, 3.05) is 5.43 Å². The third kappa shape index (κ3) is 3.48. The van der Waals surface area contributed by atoms with E-state index < -0.39 is 0 Å². The van der Waals surface area contributed by atoms with E-state index in [2.05, 4.69) is 31.3 Å². The summed E-state index contributed by atoms with van der Waals surface area (Å²) >= 11 is 15.3. The van der Waals surface area contributed by atoms with Crippen LogP contribution >= 0.6 is 39.1 Å². The van der Waals surface area contributed by atoms with Gasteiger partial charge in [0, 0.05) is 22.3 Å². The molecule has 2 rings (SSSR count). The van der Waals surface area contributed by atoms with Crippen molar-refractivity contribution in [3.05, 3.63) is 38.4 Å². The number of ether oxygens (including phenoxy) is 1. The molecule has 0 aliphatic carbocycles. The summed E-state index contributed by atoms with van der Waals surface area (Å²) < 4.78 is 6.27. The molecular formula is C11H9BrCl2N4O. The Morgan fingerprint density at radius 3 is 2.63 bits per heavy atom.